The average molecular weight is 388 g/mol. The summed E-state index contributed by atoms with van der Waals surface area (Å²) in [5.41, 5.74) is 2.04. The minimum atomic E-state index is 0.500. The van der Waals surface area contributed by atoms with Crippen LogP contribution in [0.15, 0.2) is 33.7 Å². The van der Waals surface area contributed by atoms with E-state index in [9.17, 15) is 0 Å². The number of nitrogens with one attached hydrogen (secondary N) is 2. The molecular formula is C21H33N5O2. The molecule has 0 aliphatic heterocycles. The Balaban J connectivity index is 1.84. The summed E-state index contributed by atoms with van der Waals surface area (Å²) in [5, 5.41) is 6.50. The number of aromatic nitrogens is 1. The molecule has 0 spiro atoms. The quantitative estimate of drug-likeness (QED) is 0.371. The molecule has 7 nitrogen and oxygen atoms in total. The van der Waals surface area contributed by atoms with Crippen LogP contribution < -0.4 is 15.4 Å². The van der Waals surface area contributed by atoms with Gasteiger partial charge in [-0.25, -0.2) is 9.98 Å². The second kappa shape index (κ2) is 11.3. The first kappa shape index (κ1) is 21.8. The Morgan fingerprint density at radius 3 is 2.54 bits per heavy atom. The van der Waals surface area contributed by atoms with E-state index in [1.807, 2.05) is 32.9 Å². The van der Waals surface area contributed by atoms with Gasteiger partial charge in [-0.1, -0.05) is 12.1 Å². The number of hydrogen-bond acceptors (Lipinski definition) is 5. The third kappa shape index (κ3) is 7.60. The van der Waals surface area contributed by atoms with Gasteiger partial charge in [-0.15, -0.1) is 0 Å². The first-order chi connectivity index (χ1) is 13.5. The van der Waals surface area contributed by atoms with Crippen LogP contribution in [0.3, 0.4) is 0 Å². The lowest BCUT2D eigenvalue weighted by Crippen LogP contribution is -2.36. The fourth-order valence-corrected chi connectivity index (χ4v) is 2.55. The predicted molar refractivity (Wildman–Crippen MR) is 113 cm³/mol. The van der Waals surface area contributed by atoms with Gasteiger partial charge in [0.1, 0.15) is 11.5 Å². The van der Waals surface area contributed by atoms with Crippen molar-refractivity contribution in [3.8, 4) is 5.75 Å². The SMILES string of the molecule is CCNC(=NCc1ccc(OCCCN(C)C)cc1)NCc1nc(C)c(C)o1. The highest BCUT2D eigenvalue weighted by Gasteiger charge is 2.06. The summed E-state index contributed by atoms with van der Waals surface area (Å²) in [7, 11) is 4.14. The summed E-state index contributed by atoms with van der Waals surface area (Å²) >= 11 is 0. The van der Waals surface area contributed by atoms with E-state index >= 15 is 0 Å². The lowest BCUT2D eigenvalue weighted by Gasteiger charge is -2.11. The second-order valence-corrected chi connectivity index (χ2v) is 6.95. The highest BCUT2D eigenvalue weighted by atomic mass is 16.5. The fraction of sp³-hybridized carbons (Fsp3) is 0.524. The van der Waals surface area contributed by atoms with Crippen LogP contribution in [-0.2, 0) is 13.1 Å². The first-order valence-electron chi connectivity index (χ1n) is 9.79. The molecule has 0 aliphatic carbocycles. The zero-order chi connectivity index (χ0) is 20.4. The minimum absolute atomic E-state index is 0.500. The van der Waals surface area contributed by atoms with Crippen LogP contribution in [0.5, 0.6) is 5.75 Å². The molecule has 0 atom stereocenters. The van der Waals surface area contributed by atoms with Crippen molar-refractivity contribution in [1.82, 2.24) is 20.5 Å². The molecule has 154 valence electrons. The van der Waals surface area contributed by atoms with Gasteiger partial charge in [0.25, 0.3) is 0 Å². The molecule has 7 heteroatoms. The Morgan fingerprint density at radius 2 is 1.93 bits per heavy atom. The van der Waals surface area contributed by atoms with Gasteiger partial charge in [0, 0.05) is 13.1 Å². The smallest absolute Gasteiger partial charge is 0.214 e. The molecule has 1 aromatic carbocycles. The number of nitrogens with zero attached hydrogens (tertiary/aromatic N) is 3. The van der Waals surface area contributed by atoms with Gasteiger partial charge in [0.15, 0.2) is 5.96 Å². The van der Waals surface area contributed by atoms with Crippen LogP contribution in [0.2, 0.25) is 0 Å². The van der Waals surface area contributed by atoms with Crippen LogP contribution in [0.1, 0.15) is 36.3 Å². The Kier molecular flexibility index (Phi) is 8.81. The maximum Gasteiger partial charge on any atom is 0.214 e. The minimum Gasteiger partial charge on any atom is -0.494 e. The zero-order valence-electron chi connectivity index (χ0n) is 17.7. The summed E-state index contributed by atoms with van der Waals surface area (Å²) in [4.78, 5) is 11.2. The molecule has 1 heterocycles. The van der Waals surface area contributed by atoms with Crippen molar-refractivity contribution in [2.45, 2.75) is 40.3 Å². The van der Waals surface area contributed by atoms with Gasteiger partial charge in [0.2, 0.25) is 5.89 Å². The lowest BCUT2D eigenvalue weighted by molar-refractivity contribution is 0.281. The van der Waals surface area contributed by atoms with Crippen LogP contribution in [0, 0.1) is 13.8 Å². The van der Waals surface area contributed by atoms with Gasteiger partial charge >= 0.3 is 0 Å². The molecule has 0 saturated heterocycles. The number of benzene rings is 1. The van der Waals surface area contributed by atoms with Crippen molar-refractivity contribution in [2.75, 3.05) is 33.8 Å². The molecule has 0 bridgehead atoms. The van der Waals surface area contributed by atoms with E-state index in [1.54, 1.807) is 0 Å². The predicted octanol–water partition coefficient (Wildman–Crippen LogP) is 2.88. The zero-order valence-corrected chi connectivity index (χ0v) is 17.7. The molecule has 0 radical (unpaired) electrons. The number of aliphatic imine (C=N–C) groups is 1. The van der Waals surface area contributed by atoms with E-state index in [0.29, 0.717) is 19.0 Å². The van der Waals surface area contributed by atoms with Crippen molar-refractivity contribution in [3.05, 3.63) is 47.2 Å². The van der Waals surface area contributed by atoms with Crippen LogP contribution >= 0.6 is 0 Å². The first-order valence-corrected chi connectivity index (χ1v) is 9.79. The van der Waals surface area contributed by atoms with E-state index in [4.69, 9.17) is 9.15 Å². The van der Waals surface area contributed by atoms with Gasteiger partial charge in [-0.3, -0.25) is 0 Å². The fourth-order valence-electron chi connectivity index (χ4n) is 2.55. The summed E-state index contributed by atoms with van der Waals surface area (Å²) < 4.78 is 11.4. The van der Waals surface area contributed by atoms with Crippen molar-refractivity contribution < 1.29 is 9.15 Å². The number of ether oxygens (including phenoxy) is 1. The molecule has 2 rings (SSSR count). The molecule has 28 heavy (non-hydrogen) atoms. The van der Waals surface area contributed by atoms with E-state index < -0.39 is 0 Å². The van der Waals surface area contributed by atoms with Crippen molar-refractivity contribution in [1.29, 1.82) is 0 Å². The third-order valence-electron chi connectivity index (χ3n) is 4.19. The molecule has 0 unspecified atom stereocenters. The molecule has 0 amide bonds. The van der Waals surface area contributed by atoms with Crippen LogP contribution in [-0.4, -0.2) is 49.6 Å². The van der Waals surface area contributed by atoms with Gasteiger partial charge in [-0.05, 0) is 59.0 Å². The van der Waals surface area contributed by atoms with E-state index in [-0.39, 0.29) is 0 Å². The summed E-state index contributed by atoms with van der Waals surface area (Å²) in [6.07, 6.45) is 1.01. The number of oxazole rings is 1. The van der Waals surface area contributed by atoms with Gasteiger partial charge < -0.3 is 24.7 Å². The van der Waals surface area contributed by atoms with Crippen LogP contribution in [0.25, 0.3) is 0 Å². The molecule has 1 aromatic heterocycles. The highest BCUT2D eigenvalue weighted by Crippen LogP contribution is 2.13. The third-order valence-corrected chi connectivity index (χ3v) is 4.19. The van der Waals surface area contributed by atoms with E-state index in [1.165, 1.54) is 0 Å². The highest BCUT2D eigenvalue weighted by molar-refractivity contribution is 5.79. The van der Waals surface area contributed by atoms with Crippen molar-refractivity contribution >= 4 is 5.96 Å². The molecular weight excluding hydrogens is 354 g/mol. The number of hydrogen-bond donors (Lipinski definition) is 2. The topological polar surface area (TPSA) is 74.9 Å². The normalized spacial score (nSPS) is 11.7. The Labute approximate surface area is 168 Å². The number of rotatable bonds is 10. The molecule has 0 aliphatic rings. The monoisotopic (exact) mass is 387 g/mol. The average Bonchev–Trinajstić information content (AvgIpc) is 2.99. The summed E-state index contributed by atoms with van der Waals surface area (Å²) in [6, 6.07) is 8.10. The van der Waals surface area contributed by atoms with Crippen LogP contribution in [0.4, 0.5) is 0 Å². The summed E-state index contributed by atoms with van der Waals surface area (Å²) in [6.45, 7) is 9.52. The Bertz CT molecular complexity index is 718. The maximum absolute atomic E-state index is 5.77. The van der Waals surface area contributed by atoms with Crippen molar-refractivity contribution in [2.24, 2.45) is 4.99 Å². The molecule has 0 saturated carbocycles. The number of guanidine groups is 1. The Morgan fingerprint density at radius 1 is 1.18 bits per heavy atom. The van der Waals surface area contributed by atoms with E-state index in [0.717, 1.165) is 54.8 Å². The lowest BCUT2D eigenvalue weighted by atomic mass is 10.2. The second-order valence-electron chi connectivity index (χ2n) is 6.95. The van der Waals surface area contributed by atoms with Gasteiger partial charge in [0.05, 0.1) is 25.4 Å². The number of aryl methyl sites for hydroxylation is 2. The molecule has 2 aromatic rings. The maximum atomic E-state index is 5.77. The largest absolute Gasteiger partial charge is 0.494 e. The molecule has 0 fully saturated rings. The van der Waals surface area contributed by atoms with Gasteiger partial charge in [-0.2, -0.15) is 0 Å². The summed E-state index contributed by atoms with van der Waals surface area (Å²) in [5.74, 6) is 3.14. The Hall–Kier alpha value is -2.54. The molecule has 2 N–H and O–H groups in total. The van der Waals surface area contributed by atoms with Crippen molar-refractivity contribution in [3.63, 3.8) is 0 Å². The standard InChI is InChI=1S/C21H33N5O2/c1-6-22-21(24-15-20-25-16(2)17(3)28-20)23-14-18-8-10-19(11-9-18)27-13-7-12-26(4)5/h8-11H,6-7,12-15H2,1-5H3,(H2,22,23,24). The van der Waals surface area contributed by atoms with E-state index in [2.05, 4.69) is 51.7 Å².